The van der Waals surface area contributed by atoms with Crippen LogP contribution in [0.25, 0.3) is 11.2 Å². The molecule has 126 valence electrons. The molecule has 0 spiro atoms. The number of fused-ring (bicyclic) bond motifs is 1. The molecule has 2 aromatic heterocycles. The molecule has 0 unspecified atom stereocenters. The number of aromatic nitrogens is 4. The van der Waals surface area contributed by atoms with Gasteiger partial charge in [-0.05, 0) is 6.42 Å². The fourth-order valence-corrected chi connectivity index (χ4v) is 3.04. The molecule has 0 bridgehead atoms. The maximum atomic E-state index is 12.6. The summed E-state index contributed by atoms with van der Waals surface area (Å²) in [5.74, 6) is 0.835. The minimum atomic E-state index is -0.346. The topological polar surface area (TPSA) is 74.3 Å². The normalized spacial score (nSPS) is 16.3. The van der Waals surface area contributed by atoms with Crippen LogP contribution in [-0.2, 0) is 31.9 Å². The second-order valence-corrected chi connectivity index (χ2v) is 5.95. The van der Waals surface area contributed by atoms with E-state index in [0.717, 1.165) is 29.9 Å². The lowest BCUT2D eigenvalue weighted by Crippen LogP contribution is -2.37. The summed E-state index contributed by atoms with van der Waals surface area (Å²) in [4.78, 5) is 31.6. The quantitative estimate of drug-likeness (QED) is 0.771. The highest BCUT2D eigenvalue weighted by atomic mass is 16.5. The van der Waals surface area contributed by atoms with Gasteiger partial charge in [-0.2, -0.15) is 0 Å². The zero-order valence-electron chi connectivity index (χ0n) is 13.9. The van der Waals surface area contributed by atoms with E-state index in [1.165, 1.54) is 11.6 Å². The van der Waals surface area contributed by atoms with Gasteiger partial charge in [-0.25, -0.2) is 9.78 Å². The predicted molar refractivity (Wildman–Crippen MR) is 86.6 cm³/mol. The van der Waals surface area contributed by atoms with Gasteiger partial charge in [0.05, 0.1) is 19.8 Å². The number of aryl methyl sites for hydroxylation is 2. The van der Waals surface area contributed by atoms with Gasteiger partial charge < -0.3 is 9.30 Å². The second kappa shape index (κ2) is 6.29. The van der Waals surface area contributed by atoms with Crippen molar-refractivity contribution >= 4 is 11.2 Å². The van der Waals surface area contributed by atoms with Gasteiger partial charge >= 0.3 is 5.69 Å². The Morgan fingerprint density at radius 3 is 2.48 bits per heavy atom. The lowest BCUT2D eigenvalue weighted by Gasteiger charge is -2.26. The number of rotatable bonds is 4. The smallest absolute Gasteiger partial charge is 0.332 e. The van der Waals surface area contributed by atoms with Crippen LogP contribution < -0.4 is 11.2 Å². The van der Waals surface area contributed by atoms with Crippen molar-refractivity contribution < 1.29 is 4.74 Å². The molecular weight excluding hydrogens is 298 g/mol. The zero-order valence-corrected chi connectivity index (χ0v) is 13.9. The summed E-state index contributed by atoms with van der Waals surface area (Å²) in [5.41, 5.74) is 0.355. The number of ether oxygens (including phenoxy) is 1. The molecule has 2 aromatic rings. The minimum absolute atomic E-state index is 0.280. The lowest BCUT2D eigenvalue weighted by atomic mass is 10.4. The molecule has 0 radical (unpaired) electrons. The maximum Gasteiger partial charge on any atom is 0.332 e. The number of hydrogen-bond donors (Lipinski definition) is 0. The summed E-state index contributed by atoms with van der Waals surface area (Å²) in [6.45, 7) is 6.58. The molecule has 0 aromatic carbocycles. The van der Waals surface area contributed by atoms with Gasteiger partial charge in [0.15, 0.2) is 11.2 Å². The van der Waals surface area contributed by atoms with Crippen molar-refractivity contribution in [1.82, 2.24) is 23.6 Å². The molecule has 23 heavy (non-hydrogen) atoms. The van der Waals surface area contributed by atoms with Crippen molar-refractivity contribution in [3.05, 3.63) is 26.7 Å². The van der Waals surface area contributed by atoms with E-state index < -0.39 is 0 Å². The molecule has 8 nitrogen and oxygen atoms in total. The second-order valence-electron chi connectivity index (χ2n) is 5.95. The van der Waals surface area contributed by atoms with Gasteiger partial charge in [-0.15, -0.1) is 0 Å². The molecule has 1 fully saturated rings. The van der Waals surface area contributed by atoms with Gasteiger partial charge in [0.1, 0.15) is 5.82 Å². The molecule has 0 aliphatic carbocycles. The highest BCUT2D eigenvalue weighted by molar-refractivity contribution is 5.71. The molecule has 1 saturated heterocycles. The van der Waals surface area contributed by atoms with E-state index in [2.05, 4.69) is 16.8 Å². The van der Waals surface area contributed by atoms with E-state index in [1.807, 2.05) is 4.57 Å². The fourth-order valence-electron chi connectivity index (χ4n) is 3.04. The Kier molecular flexibility index (Phi) is 4.36. The summed E-state index contributed by atoms with van der Waals surface area (Å²) in [6, 6.07) is 0. The van der Waals surface area contributed by atoms with Crippen LogP contribution in [0.4, 0.5) is 0 Å². The van der Waals surface area contributed by atoms with Gasteiger partial charge in [-0.1, -0.05) is 6.92 Å². The van der Waals surface area contributed by atoms with Crippen LogP contribution in [0.5, 0.6) is 0 Å². The van der Waals surface area contributed by atoms with Crippen molar-refractivity contribution in [2.24, 2.45) is 14.1 Å². The molecule has 0 atom stereocenters. The molecule has 0 amide bonds. The molecular formula is C15H23N5O3. The zero-order chi connectivity index (χ0) is 16.6. The molecule has 1 aliphatic rings. The number of morpholine rings is 1. The monoisotopic (exact) mass is 321 g/mol. The lowest BCUT2D eigenvalue weighted by molar-refractivity contribution is 0.0326. The summed E-state index contributed by atoms with van der Waals surface area (Å²) >= 11 is 0. The Bertz CT molecular complexity index is 826. The van der Waals surface area contributed by atoms with Gasteiger partial charge in [-0.3, -0.25) is 18.8 Å². The predicted octanol–water partition coefficient (Wildman–Crippen LogP) is -0.324. The number of hydrogen-bond acceptors (Lipinski definition) is 5. The van der Waals surface area contributed by atoms with E-state index in [-0.39, 0.29) is 11.2 Å². The molecule has 0 N–H and O–H groups in total. The van der Waals surface area contributed by atoms with Gasteiger partial charge in [0, 0.05) is 33.7 Å². The highest BCUT2D eigenvalue weighted by Crippen LogP contribution is 2.14. The van der Waals surface area contributed by atoms with Crippen molar-refractivity contribution in [3.8, 4) is 0 Å². The van der Waals surface area contributed by atoms with E-state index in [4.69, 9.17) is 4.74 Å². The van der Waals surface area contributed by atoms with Crippen LogP contribution in [0.15, 0.2) is 9.59 Å². The van der Waals surface area contributed by atoms with Crippen LogP contribution in [0.2, 0.25) is 0 Å². The van der Waals surface area contributed by atoms with Crippen LogP contribution >= 0.6 is 0 Å². The fraction of sp³-hybridized carbons (Fsp3) is 0.667. The number of imidazole rings is 1. The third kappa shape index (κ3) is 2.72. The van der Waals surface area contributed by atoms with Crippen molar-refractivity contribution in [2.75, 3.05) is 26.3 Å². The first-order valence-electron chi connectivity index (χ1n) is 7.99. The SMILES string of the molecule is CCCn1c(CN2CCOCC2)nc2c1c(=O)n(C)c(=O)n2C. The maximum absolute atomic E-state index is 12.6. The van der Waals surface area contributed by atoms with Crippen LogP contribution in [0.3, 0.4) is 0 Å². The summed E-state index contributed by atoms with van der Waals surface area (Å²) in [5, 5.41) is 0. The van der Waals surface area contributed by atoms with Gasteiger partial charge in [0.2, 0.25) is 0 Å². The van der Waals surface area contributed by atoms with Crippen molar-refractivity contribution in [2.45, 2.75) is 26.4 Å². The molecule has 1 aliphatic heterocycles. The van der Waals surface area contributed by atoms with Crippen molar-refractivity contribution in [1.29, 1.82) is 0 Å². The highest BCUT2D eigenvalue weighted by Gasteiger charge is 2.21. The third-order valence-corrected chi connectivity index (χ3v) is 4.34. The summed E-state index contributed by atoms with van der Waals surface area (Å²) < 4.78 is 9.94. The first-order valence-corrected chi connectivity index (χ1v) is 7.99. The Labute approximate surface area is 133 Å². The van der Waals surface area contributed by atoms with Crippen LogP contribution in [0.1, 0.15) is 19.2 Å². The summed E-state index contributed by atoms with van der Waals surface area (Å²) in [7, 11) is 3.17. The van der Waals surface area contributed by atoms with Crippen LogP contribution in [-0.4, -0.2) is 49.9 Å². The average Bonchev–Trinajstić information content (AvgIpc) is 2.91. The molecule has 3 heterocycles. The van der Waals surface area contributed by atoms with E-state index >= 15 is 0 Å². The third-order valence-electron chi connectivity index (χ3n) is 4.34. The van der Waals surface area contributed by atoms with E-state index in [1.54, 1.807) is 7.05 Å². The molecule has 0 saturated carbocycles. The molecule has 8 heteroatoms. The Balaban J connectivity index is 2.15. The first kappa shape index (κ1) is 15.9. The Morgan fingerprint density at radius 1 is 1.13 bits per heavy atom. The Morgan fingerprint density at radius 2 is 1.83 bits per heavy atom. The largest absolute Gasteiger partial charge is 0.379 e. The Hall–Kier alpha value is -1.93. The first-order chi connectivity index (χ1) is 11.0. The van der Waals surface area contributed by atoms with Gasteiger partial charge in [0.25, 0.3) is 5.56 Å². The van der Waals surface area contributed by atoms with E-state index in [0.29, 0.717) is 37.5 Å². The number of nitrogens with zero attached hydrogens (tertiary/aromatic N) is 5. The standard InChI is InChI=1S/C15H23N5O3/c1-4-5-20-11(10-19-6-8-23-9-7-19)16-13-12(20)14(21)18(3)15(22)17(13)2/h4-10H2,1-3H3. The summed E-state index contributed by atoms with van der Waals surface area (Å²) in [6.07, 6.45) is 0.896. The minimum Gasteiger partial charge on any atom is -0.379 e. The van der Waals surface area contributed by atoms with E-state index in [9.17, 15) is 9.59 Å². The molecule has 3 rings (SSSR count). The average molecular weight is 321 g/mol. The van der Waals surface area contributed by atoms with Crippen molar-refractivity contribution in [3.63, 3.8) is 0 Å². The van der Waals surface area contributed by atoms with Crippen LogP contribution in [0, 0.1) is 0 Å².